The number of pyridine rings is 1. The minimum atomic E-state index is -0.228. The van der Waals surface area contributed by atoms with Gasteiger partial charge in [0.25, 0.3) is 5.91 Å². The lowest BCUT2D eigenvalue weighted by molar-refractivity contribution is 0.0931. The summed E-state index contributed by atoms with van der Waals surface area (Å²) in [6.07, 6.45) is 5.24. The third-order valence-corrected chi connectivity index (χ3v) is 4.33. The number of hydrogen-bond acceptors (Lipinski definition) is 2. The van der Waals surface area contributed by atoms with Gasteiger partial charge in [-0.05, 0) is 41.3 Å². The highest BCUT2D eigenvalue weighted by Crippen LogP contribution is 2.48. The van der Waals surface area contributed by atoms with E-state index in [1.807, 2.05) is 12.1 Å². The van der Waals surface area contributed by atoms with Crippen molar-refractivity contribution in [2.24, 2.45) is 0 Å². The number of carbonyl (C=O) groups is 1. The molecule has 0 saturated heterocycles. The van der Waals surface area contributed by atoms with Crippen LogP contribution in [0.1, 0.15) is 28.8 Å². The zero-order valence-electron chi connectivity index (χ0n) is 12.1. The lowest BCUT2D eigenvalue weighted by atomic mass is 9.96. The predicted octanol–water partition coefficient (Wildman–Crippen LogP) is 3.65. The van der Waals surface area contributed by atoms with Gasteiger partial charge in [-0.2, -0.15) is 0 Å². The molecule has 1 aliphatic rings. The van der Waals surface area contributed by atoms with Crippen molar-refractivity contribution in [3.05, 3.63) is 78.1 Å². The Morgan fingerprint density at radius 1 is 1.00 bits per heavy atom. The molecule has 1 aromatic heterocycles. The van der Waals surface area contributed by atoms with Gasteiger partial charge in [-0.1, -0.05) is 42.5 Å². The fourth-order valence-corrected chi connectivity index (χ4v) is 3.02. The van der Waals surface area contributed by atoms with E-state index in [0.717, 1.165) is 12.8 Å². The summed E-state index contributed by atoms with van der Waals surface area (Å²) in [4.78, 5) is 16.5. The van der Waals surface area contributed by atoms with Gasteiger partial charge in [-0.25, -0.2) is 0 Å². The minimum absolute atomic E-state index is 0.0569. The highest BCUT2D eigenvalue weighted by atomic mass is 16.1. The predicted molar refractivity (Wildman–Crippen MR) is 86.6 cm³/mol. The van der Waals surface area contributed by atoms with Gasteiger partial charge in [0.05, 0.1) is 11.1 Å². The first-order valence-corrected chi connectivity index (χ1v) is 7.49. The molecule has 0 radical (unpaired) electrons. The first-order chi connectivity index (χ1) is 10.8. The molecule has 1 fully saturated rings. The van der Waals surface area contributed by atoms with Crippen LogP contribution < -0.4 is 5.32 Å². The smallest absolute Gasteiger partial charge is 0.253 e. The molecule has 1 N–H and O–H groups in total. The fraction of sp³-hybridized carbons (Fsp3) is 0.158. The van der Waals surface area contributed by atoms with Crippen molar-refractivity contribution in [3.8, 4) is 0 Å². The van der Waals surface area contributed by atoms with Crippen LogP contribution in [0.25, 0.3) is 10.8 Å². The number of amides is 1. The maximum absolute atomic E-state index is 12.5. The fourth-order valence-electron chi connectivity index (χ4n) is 3.02. The summed E-state index contributed by atoms with van der Waals surface area (Å²) in [5.74, 6) is -0.0569. The number of rotatable bonds is 3. The summed E-state index contributed by atoms with van der Waals surface area (Å²) in [5.41, 5.74) is 1.59. The van der Waals surface area contributed by atoms with Crippen LogP contribution >= 0.6 is 0 Å². The average molecular weight is 288 g/mol. The lowest BCUT2D eigenvalue weighted by Gasteiger charge is -2.20. The van der Waals surface area contributed by atoms with Crippen molar-refractivity contribution < 1.29 is 4.79 Å². The molecule has 3 aromatic rings. The maximum atomic E-state index is 12.5. The minimum Gasteiger partial charge on any atom is -0.342 e. The van der Waals surface area contributed by atoms with E-state index in [2.05, 4.69) is 40.6 Å². The standard InChI is InChI=1S/C19H16N2O/c22-18(15-7-4-12-20-13-15)21-19(10-11-19)17-9-3-6-14-5-1-2-8-16(14)17/h1-9,12-13H,10-11H2,(H,21,22). The molecule has 3 heteroatoms. The number of fused-ring (bicyclic) bond motifs is 1. The normalized spacial score (nSPS) is 15.5. The molecule has 2 aromatic carbocycles. The third-order valence-electron chi connectivity index (χ3n) is 4.33. The summed E-state index contributed by atoms with van der Waals surface area (Å²) < 4.78 is 0. The SMILES string of the molecule is O=C(NC1(c2cccc3ccccc23)CC1)c1cccnc1. The lowest BCUT2D eigenvalue weighted by Crippen LogP contribution is -2.35. The molecule has 0 bridgehead atoms. The first-order valence-electron chi connectivity index (χ1n) is 7.49. The number of nitrogens with one attached hydrogen (secondary N) is 1. The quantitative estimate of drug-likeness (QED) is 0.799. The van der Waals surface area contributed by atoms with Gasteiger partial charge in [0.1, 0.15) is 0 Å². The van der Waals surface area contributed by atoms with Crippen molar-refractivity contribution in [1.82, 2.24) is 10.3 Å². The Labute approximate surface area is 129 Å². The molecule has 0 unspecified atom stereocenters. The highest BCUT2D eigenvalue weighted by molar-refractivity contribution is 5.95. The topological polar surface area (TPSA) is 42.0 Å². The molecule has 4 rings (SSSR count). The molecule has 0 aliphatic heterocycles. The zero-order valence-corrected chi connectivity index (χ0v) is 12.1. The van der Waals surface area contributed by atoms with Gasteiger partial charge in [0, 0.05) is 12.4 Å². The molecule has 1 amide bonds. The molecule has 3 nitrogen and oxygen atoms in total. The van der Waals surface area contributed by atoms with Crippen molar-refractivity contribution in [2.75, 3.05) is 0 Å². The summed E-state index contributed by atoms with van der Waals surface area (Å²) in [6, 6.07) is 18.2. The highest BCUT2D eigenvalue weighted by Gasteiger charge is 2.46. The molecule has 1 saturated carbocycles. The summed E-state index contributed by atoms with van der Waals surface area (Å²) in [5, 5.41) is 5.64. The van der Waals surface area contributed by atoms with Gasteiger partial charge in [-0.3, -0.25) is 9.78 Å². The number of hydrogen-bond donors (Lipinski definition) is 1. The van der Waals surface area contributed by atoms with Crippen LogP contribution in [0.2, 0.25) is 0 Å². The number of benzene rings is 2. The van der Waals surface area contributed by atoms with Crippen LogP contribution in [0.3, 0.4) is 0 Å². The van der Waals surface area contributed by atoms with Crippen LogP contribution in [-0.2, 0) is 5.54 Å². The van der Waals surface area contributed by atoms with Crippen LogP contribution in [0.4, 0.5) is 0 Å². The Morgan fingerprint density at radius 3 is 2.59 bits per heavy atom. The van der Waals surface area contributed by atoms with Crippen LogP contribution in [0.15, 0.2) is 67.0 Å². The number of nitrogens with zero attached hydrogens (tertiary/aromatic N) is 1. The molecular formula is C19H16N2O. The summed E-state index contributed by atoms with van der Waals surface area (Å²) in [7, 11) is 0. The first kappa shape index (κ1) is 13.0. The van der Waals surface area contributed by atoms with Crippen molar-refractivity contribution in [2.45, 2.75) is 18.4 Å². The van der Waals surface area contributed by atoms with Gasteiger partial charge in [0.15, 0.2) is 0 Å². The van der Waals surface area contributed by atoms with Crippen molar-refractivity contribution in [1.29, 1.82) is 0 Å². The third kappa shape index (κ3) is 2.15. The second-order valence-electron chi connectivity index (χ2n) is 5.80. The van der Waals surface area contributed by atoms with E-state index in [4.69, 9.17) is 0 Å². The van der Waals surface area contributed by atoms with E-state index in [-0.39, 0.29) is 11.4 Å². The van der Waals surface area contributed by atoms with Gasteiger partial charge in [0.2, 0.25) is 0 Å². The molecule has 0 spiro atoms. The van der Waals surface area contributed by atoms with Gasteiger partial charge < -0.3 is 5.32 Å². The Bertz CT molecular complexity index is 833. The van der Waals surface area contributed by atoms with Crippen LogP contribution in [0, 0.1) is 0 Å². The summed E-state index contributed by atoms with van der Waals surface area (Å²) >= 11 is 0. The van der Waals surface area contributed by atoms with E-state index in [0.29, 0.717) is 5.56 Å². The molecule has 108 valence electrons. The second-order valence-corrected chi connectivity index (χ2v) is 5.80. The molecule has 1 aliphatic carbocycles. The molecule has 22 heavy (non-hydrogen) atoms. The van der Waals surface area contributed by atoms with Gasteiger partial charge in [-0.15, -0.1) is 0 Å². The Kier molecular flexibility index (Phi) is 2.93. The molecule has 0 atom stereocenters. The largest absolute Gasteiger partial charge is 0.342 e. The van der Waals surface area contributed by atoms with E-state index in [1.165, 1.54) is 16.3 Å². The Balaban J connectivity index is 1.71. The monoisotopic (exact) mass is 288 g/mol. The van der Waals surface area contributed by atoms with E-state index in [9.17, 15) is 4.79 Å². The Morgan fingerprint density at radius 2 is 1.82 bits per heavy atom. The van der Waals surface area contributed by atoms with E-state index < -0.39 is 0 Å². The Hall–Kier alpha value is -2.68. The number of carbonyl (C=O) groups excluding carboxylic acids is 1. The van der Waals surface area contributed by atoms with Crippen LogP contribution in [0.5, 0.6) is 0 Å². The van der Waals surface area contributed by atoms with Crippen molar-refractivity contribution >= 4 is 16.7 Å². The van der Waals surface area contributed by atoms with E-state index >= 15 is 0 Å². The van der Waals surface area contributed by atoms with Gasteiger partial charge >= 0.3 is 0 Å². The second kappa shape index (κ2) is 4.95. The number of aromatic nitrogens is 1. The van der Waals surface area contributed by atoms with Crippen LogP contribution in [-0.4, -0.2) is 10.9 Å². The maximum Gasteiger partial charge on any atom is 0.253 e. The van der Waals surface area contributed by atoms with Crippen molar-refractivity contribution in [3.63, 3.8) is 0 Å². The molecular weight excluding hydrogens is 272 g/mol. The molecule has 1 heterocycles. The average Bonchev–Trinajstić information content (AvgIpc) is 3.35. The van der Waals surface area contributed by atoms with E-state index in [1.54, 1.807) is 24.5 Å². The zero-order chi connectivity index (χ0) is 15.0. The summed E-state index contributed by atoms with van der Waals surface area (Å²) in [6.45, 7) is 0.